The monoisotopic (exact) mass is 558 g/mol. The van der Waals surface area contributed by atoms with E-state index in [1.807, 2.05) is 31.5 Å². The number of aromatic nitrogens is 5. The molecule has 214 valence electrons. The molecule has 2 aliphatic heterocycles. The third-order valence-electron chi connectivity index (χ3n) is 7.10. The first-order chi connectivity index (χ1) is 19.7. The molecule has 0 spiro atoms. The van der Waals surface area contributed by atoms with Crippen LogP contribution in [0.5, 0.6) is 5.75 Å². The molecule has 3 atom stereocenters. The average Bonchev–Trinajstić information content (AvgIpc) is 3.34. The van der Waals surface area contributed by atoms with Crippen molar-refractivity contribution in [3.63, 3.8) is 0 Å². The second-order valence-corrected chi connectivity index (χ2v) is 11.4. The molecule has 0 aromatic carbocycles. The summed E-state index contributed by atoms with van der Waals surface area (Å²) in [5.74, 6) is 1.40. The molecule has 4 N–H and O–H groups in total. The first-order valence-corrected chi connectivity index (χ1v) is 13.7. The lowest BCUT2D eigenvalue weighted by molar-refractivity contribution is -0.0122. The number of aryl methyl sites for hydroxylation is 1. The van der Waals surface area contributed by atoms with Crippen LogP contribution >= 0.6 is 0 Å². The fraction of sp³-hybridized carbons (Fsp3) is 0.414. The number of hydrogen-bond acceptors (Lipinski definition) is 10. The summed E-state index contributed by atoms with van der Waals surface area (Å²) in [5.41, 5.74) is 2.93. The molecule has 2 aliphatic rings. The van der Waals surface area contributed by atoms with Crippen LogP contribution in [-0.2, 0) is 4.74 Å². The molecule has 6 heterocycles. The van der Waals surface area contributed by atoms with E-state index in [2.05, 4.69) is 48.1 Å². The molecule has 41 heavy (non-hydrogen) atoms. The van der Waals surface area contributed by atoms with Gasteiger partial charge in [-0.15, -0.1) is 0 Å². The lowest BCUT2D eigenvalue weighted by atomic mass is 9.94. The van der Waals surface area contributed by atoms with E-state index >= 15 is 0 Å². The van der Waals surface area contributed by atoms with E-state index in [0.29, 0.717) is 23.7 Å². The number of aliphatic hydroxyl groups is 1. The van der Waals surface area contributed by atoms with Gasteiger partial charge >= 0.3 is 0 Å². The summed E-state index contributed by atoms with van der Waals surface area (Å²) in [6.45, 7) is 6.75. The van der Waals surface area contributed by atoms with Gasteiger partial charge in [0, 0.05) is 55.0 Å². The smallest absolute Gasteiger partial charge is 0.271 e. The Morgan fingerprint density at radius 1 is 1.12 bits per heavy atom. The quantitative estimate of drug-likeness (QED) is 0.254. The normalized spacial score (nSPS) is 20.5. The van der Waals surface area contributed by atoms with Crippen molar-refractivity contribution in [1.29, 1.82) is 0 Å². The highest BCUT2D eigenvalue weighted by molar-refractivity contribution is 5.92. The van der Waals surface area contributed by atoms with Gasteiger partial charge in [-0.25, -0.2) is 14.5 Å². The molecular formula is C29H34N8O4. The van der Waals surface area contributed by atoms with E-state index in [4.69, 9.17) is 9.47 Å². The number of amides is 1. The largest absolute Gasteiger partial charge is 0.488 e. The van der Waals surface area contributed by atoms with Gasteiger partial charge in [-0.2, -0.15) is 5.10 Å². The Balaban J connectivity index is 1.17. The van der Waals surface area contributed by atoms with Crippen LogP contribution < -0.4 is 20.7 Å². The highest BCUT2D eigenvalue weighted by Gasteiger charge is 2.33. The Labute approximate surface area is 237 Å². The van der Waals surface area contributed by atoms with Crippen molar-refractivity contribution in [1.82, 2.24) is 35.2 Å². The maximum Gasteiger partial charge on any atom is 0.271 e. The first kappa shape index (κ1) is 27.1. The number of hydrogen-bond donors (Lipinski definition) is 4. The van der Waals surface area contributed by atoms with E-state index in [1.165, 1.54) is 12.4 Å². The summed E-state index contributed by atoms with van der Waals surface area (Å²) in [4.78, 5) is 25.2. The Hall–Kier alpha value is -4.13. The van der Waals surface area contributed by atoms with Crippen molar-refractivity contribution in [3.8, 4) is 16.9 Å². The second kappa shape index (κ2) is 11.0. The molecule has 0 saturated carbocycles. The molecule has 2 fully saturated rings. The van der Waals surface area contributed by atoms with Crippen molar-refractivity contribution in [3.05, 3.63) is 60.4 Å². The molecule has 0 radical (unpaired) electrons. The van der Waals surface area contributed by atoms with E-state index in [9.17, 15) is 9.90 Å². The summed E-state index contributed by atoms with van der Waals surface area (Å²) in [6, 6.07) is 8.68. The van der Waals surface area contributed by atoms with E-state index in [1.54, 1.807) is 18.4 Å². The summed E-state index contributed by atoms with van der Waals surface area (Å²) < 4.78 is 14.0. The molecular weight excluding hydrogens is 524 g/mol. The van der Waals surface area contributed by atoms with Gasteiger partial charge in [-0.05, 0) is 44.5 Å². The van der Waals surface area contributed by atoms with Crippen LogP contribution in [0.15, 0.2) is 49.1 Å². The number of rotatable bonds is 8. The number of carbonyl (C=O) groups excluding carboxylic acids is 1. The molecule has 6 rings (SSSR count). The van der Waals surface area contributed by atoms with Gasteiger partial charge in [0.2, 0.25) is 0 Å². The number of ether oxygens (including phenoxy) is 2. The van der Waals surface area contributed by atoms with Crippen LogP contribution in [0.3, 0.4) is 0 Å². The molecule has 4 aromatic heterocycles. The maximum atomic E-state index is 12.2. The van der Waals surface area contributed by atoms with Gasteiger partial charge < -0.3 is 30.5 Å². The van der Waals surface area contributed by atoms with Gasteiger partial charge in [-0.3, -0.25) is 9.78 Å². The predicted octanol–water partition coefficient (Wildman–Crippen LogP) is 2.64. The number of morpholine rings is 1. The van der Waals surface area contributed by atoms with E-state index < -0.39 is 11.5 Å². The summed E-state index contributed by atoms with van der Waals surface area (Å²) >= 11 is 0. The number of piperidine rings is 1. The van der Waals surface area contributed by atoms with Gasteiger partial charge in [0.25, 0.3) is 5.91 Å². The lowest BCUT2D eigenvalue weighted by Gasteiger charge is -2.40. The molecule has 0 aliphatic carbocycles. The molecule has 2 saturated heterocycles. The van der Waals surface area contributed by atoms with Gasteiger partial charge in [0.15, 0.2) is 5.82 Å². The molecule has 12 nitrogen and oxygen atoms in total. The number of nitrogens with one attached hydrogen (secondary N) is 3. The fourth-order valence-electron chi connectivity index (χ4n) is 5.18. The van der Waals surface area contributed by atoms with Gasteiger partial charge in [-0.1, -0.05) is 0 Å². The van der Waals surface area contributed by atoms with Crippen LogP contribution in [0, 0.1) is 6.92 Å². The predicted molar refractivity (Wildman–Crippen MR) is 152 cm³/mol. The van der Waals surface area contributed by atoms with Crippen LogP contribution in [0.4, 0.5) is 11.6 Å². The van der Waals surface area contributed by atoms with Crippen LogP contribution in [-0.4, -0.2) is 79.1 Å². The molecule has 2 bridgehead atoms. The van der Waals surface area contributed by atoms with Crippen molar-refractivity contribution in [2.45, 2.75) is 57.4 Å². The molecule has 1 unspecified atom stereocenters. The SMILES string of the molecule is Cc1cc(-c2ccn3nc(Nc4cnc(C(=O)NCC(C)(C)O)cn4)cc3c2)c(OC2C[C@H]3COC[C@@H](C2)N3)cn1. The highest BCUT2D eigenvalue weighted by Crippen LogP contribution is 2.34. The van der Waals surface area contributed by atoms with Crippen LogP contribution in [0.2, 0.25) is 0 Å². The number of nitrogens with zero attached hydrogens (tertiary/aromatic N) is 5. The highest BCUT2D eigenvalue weighted by atomic mass is 16.5. The Morgan fingerprint density at radius 2 is 1.93 bits per heavy atom. The number of fused-ring (bicyclic) bond motifs is 3. The van der Waals surface area contributed by atoms with Crippen molar-refractivity contribution in [2.75, 3.05) is 25.1 Å². The zero-order chi connectivity index (χ0) is 28.6. The van der Waals surface area contributed by atoms with E-state index in [-0.39, 0.29) is 18.3 Å². The maximum absolute atomic E-state index is 12.2. The van der Waals surface area contributed by atoms with E-state index in [0.717, 1.165) is 54.1 Å². The molecule has 12 heteroatoms. The minimum absolute atomic E-state index is 0.105. The number of anilines is 2. The Kier molecular flexibility index (Phi) is 7.28. The summed E-state index contributed by atoms with van der Waals surface area (Å²) in [6.07, 6.45) is 8.48. The zero-order valence-corrected chi connectivity index (χ0v) is 23.3. The topological polar surface area (TPSA) is 148 Å². The number of pyridine rings is 2. The third kappa shape index (κ3) is 6.45. The van der Waals surface area contributed by atoms with Gasteiger partial charge in [0.05, 0.1) is 42.9 Å². The minimum atomic E-state index is -1.01. The summed E-state index contributed by atoms with van der Waals surface area (Å²) in [7, 11) is 0. The summed E-state index contributed by atoms with van der Waals surface area (Å²) in [5, 5.41) is 23.8. The van der Waals surface area contributed by atoms with Crippen molar-refractivity contribution < 1.29 is 19.4 Å². The van der Waals surface area contributed by atoms with Crippen LogP contribution in [0.25, 0.3) is 16.6 Å². The standard InChI is InChI=1S/C29H34N8O4/c1-17-6-23(25(12-30-17)41-22-8-19-14-40-15-20(9-22)34-19)18-4-5-37-21(7-18)10-26(36-37)35-27-13-31-24(11-32-27)28(38)33-16-29(2,3)39/h4-7,10-13,19-20,22,34,39H,8-9,14-16H2,1-3H3,(H,33,38)(H,32,35,36)/t19-,20+,22?. The van der Waals surface area contributed by atoms with Crippen molar-refractivity contribution in [2.24, 2.45) is 0 Å². The van der Waals surface area contributed by atoms with Crippen molar-refractivity contribution >= 4 is 23.1 Å². The molecule has 1 amide bonds. The molecule has 4 aromatic rings. The Morgan fingerprint density at radius 3 is 2.66 bits per heavy atom. The second-order valence-electron chi connectivity index (χ2n) is 11.4. The lowest BCUT2D eigenvalue weighted by Crippen LogP contribution is -2.56. The first-order valence-electron chi connectivity index (χ1n) is 13.7. The Bertz CT molecular complexity index is 1540. The third-order valence-corrected chi connectivity index (χ3v) is 7.10. The zero-order valence-electron chi connectivity index (χ0n) is 23.3. The van der Waals surface area contributed by atoms with Crippen LogP contribution in [0.1, 0.15) is 42.9 Å². The fourth-order valence-corrected chi connectivity index (χ4v) is 5.18. The number of carbonyl (C=O) groups is 1. The minimum Gasteiger partial charge on any atom is -0.488 e. The van der Waals surface area contributed by atoms with Gasteiger partial charge in [0.1, 0.15) is 23.4 Å². The average molecular weight is 559 g/mol.